The Morgan fingerprint density at radius 1 is 1.25 bits per heavy atom. The monoisotopic (exact) mass is 225 g/mol. The van der Waals surface area contributed by atoms with E-state index in [4.69, 9.17) is 4.84 Å². The van der Waals surface area contributed by atoms with Crippen molar-refractivity contribution in [3.63, 3.8) is 0 Å². The third-order valence-corrected chi connectivity index (χ3v) is 2.21. The second kappa shape index (κ2) is 10.4. The third kappa shape index (κ3) is 9.46. The van der Waals surface area contributed by atoms with Crippen molar-refractivity contribution in [2.24, 2.45) is 0 Å². The Bertz CT molecular complexity index is 224. The maximum absolute atomic E-state index is 11.0. The van der Waals surface area contributed by atoms with Crippen LogP contribution in [0.15, 0.2) is 24.8 Å². The predicted octanol–water partition coefficient (Wildman–Crippen LogP) is 3.14. The van der Waals surface area contributed by atoms with Crippen LogP contribution < -0.4 is 5.48 Å². The summed E-state index contributed by atoms with van der Waals surface area (Å²) in [7, 11) is 0. The molecule has 0 unspecified atom stereocenters. The number of nitrogens with one attached hydrogen (secondary N) is 1. The molecule has 0 aliphatic carbocycles. The summed E-state index contributed by atoms with van der Waals surface area (Å²) in [5.41, 5.74) is 2.80. The minimum absolute atomic E-state index is 0.244. The Labute approximate surface area is 98.5 Å². The van der Waals surface area contributed by atoms with Gasteiger partial charge in [-0.2, -0.15) is 0 Å². The van der Waals surface area contributed by atoms with E-state index in [1.165, 1.54) is 19.3 Å². The number of allylic oxidation sites excluding steroid dienone is 1. The van der Waals surface area contributed by atoms with Gasteiger partial charge in [-0.15, -0.1) is 6.58 Å². The zero-order chi connectivity index (χ0) is 12.2. The normalized spacial score (nSPS) is 9.81. The standard InChI is InChI=1S/C13H23NO2/c1-4-5-6-7-8-9-10-11-16-14-13(15)12(2)3/h4H,1-2,5-11H2,3H3,(H,14,15). The van der Waals surface area contributed by atoms with Crippen LogP contribution in [0, 0.1) is 0 Å². The number of carbonyl (C=O) groups is 1. The molecule has 0 saturated carbocycles. The summed E-state index contributed by atoms with van der Waals surface area (Å²) in [4.78, 5) is 16.0. The lowest BCUT2D eigenvalue weighted by atomic mass is 10.1. The van der Waals surface area contributed by atoms with Gasteiger partial charge in [-0.3, -0.25) is 9.63 Å². The van der Waals surface area contributed by atoms with Crippen LogP contribution in [0.1, 0.15) is 45.4 Å². The smallest absolute Gasteiger partial charge is 0.269 e. The summed E-state index contributed by atoms with van der Waals surface area (Å²) in [6.07, 6.45) is 8.85. The van der Waals surface area contributed by atoms with Crippen LogP contribution in [0.4, 0.5) is 0 Å². The molecule has 3 nitrogen and oxygen atoms in total. The molecule has 0 radical (unpaired) electrons. The van der Waals surface area contributed by atoms with Gasteiger partial charge in [-0.1, -0.05) is 31.9 Å². The van der Waals surface area contributed by atoms with E-state index in [1.54, 1.807) is 6.92 Å². The molecule has 0 heterocycles. The number of hydrogen-bond donors (Lipinski definition) is 1. The van der Waals surface area contributed by atoms with Crippen molar-refractivity contribution in [1.82, 2.24) is 5.48 Å². The fraction of sp³-hybridized carbons (Fsp3) is 0.615. The molecule has 0 fully saturated rings. The Kier molecular flexibility index (Phi) is 9.72. The second-order valence-electron chi connectivity index (χ2n) is 3.91. The maximum atomic E-state index is 11.0. The molecule has 0 bridgehead atoms. The molecular formula is C13H23NO2. The molecule has 0 saturated heterocycles. The van der Waals surface area contributed by atoms with E-state index in [9.17, 15) is 4.79 Å². The second-order valence-corrected chi connectivity index (χ2v) is 3.91. The molecule has 16 heavy (non-hydrogen) atoms. The van der Waals surface area contributed by atoms with Crippen molar-refractivity contribution in [2.45, 2.75) is 45.4 Å². The Morgan fingerprint density at radius 2 is 1.88 bits per heavy atom. The molecule has 0 rings (SSSR count). The lowest BCUT2D eigenvalue weighted by Crippen LogP contribution is -2.24. The van der Waals surface area contributed by atoms with Crippen molar-refractivity contribution in [2.75, 3.05) is 6.61 Å². The van der Waals surface area contributed by atoms with Gasteiger partial charge >= 0.3 is 0 Å². The first-order valence-corrected chi connectivity index (χ1v) is 5.87. The van der Waals surface area contributed by atoms with E-state index in [1.807, 2.05) is 6.08 Å². The molecule has 3 heteroatoms. The molecule has 0 spiro atoms. The number of amides is 1. The summed E-state index contributed by atoms with van der Waals surface area (Å²) in [6, 6.07) is 0. The summed E-state index contributed by atoms with van der Waals surface area (Å²) in [6.45, 7) is 9.42. The van der Waals surface area contributed by atoms with Crippen LogP contribution in [0.5, 0.6) is 0 Å². The number of unbranched alkanes of at least 4 members (excludes halogenated alkanes) is 5. The number of hydrogen-bond acceptors (Lipinski definition) is 2. The molecule has 0 aromatic heterocycles. The highest BCUT2D eigenvalue weighted by Crippen LogP contribution is 2.05. The Hall–Kier alpha value is -1.09. The average molecular weight is 225 g/mol. The quantitative estimate of drug-likeness (QED) is 0.268. The minimum Gasteiger partial charge on any atom is -0.273 e. The van der Waals surface area contributed by atoms with Gasteiger partial charge in [0.2, 0.25) is 0 Å². The van der Waals surface area contributed by atoms with Crippen LogP contribution in [-0.2, 0) is 9.63 Å². The third-order valence-electron chi connectivity index (χ3n) is 2.21. The number of hydroxylamine groups is 1. The summed E-state index contributed by atoms with van der Waals surface area (Å²) < 4.78 is 0. The van der Waals surface area contributed by atoms with E-state index in [0.717, 1.165) is 19.3 Å². The van der Waals surface area contributed by atoms with Crippen LogP contribution in [-0.4, -0.2) is 12.5 Å². The van der Waals surface area contributed by atoms with Gasteiger partial charge in [-0.25, -0.2) is 5.48 Å². The first-order valence-electron chi connectivity index (χ1n) is 5.87. The van der Waals surface area contributed by atoms with Crippen molar-refractivity contribution in [1.29, 1.82) is 0 Å². The molecule has 92 valence electrons. The SMILES string of the molecule is C=CCCCCCCCONC(=O)C(=C)C. The van der Waals surface area contributed by atoms with Gasteiger partial charge in [0.15, 0.2) is 0 Å². The van der Waals surface area contributed by atoms with Crippen LogP contribution in [0.3, 0.4) is 0 Å². The molecule has 0 aliphatic heterocycles. The van der Waals surface area contributed by atoms with Gasteiger partial charge in [0.1, 0.15) is 0 Å². The van der Waals surface area contributed by atoms with E-state index in [0.29, 0.717) is 12.2 Å². The fourth-order valence-corrected chi connectivity index (χ4v) is 1.20. The number of rotatable bonds is 10. The summed E-state index contributed by atoms with van der Waals surface area (Å²) in [5.74, 6) is -0.244. The molecule has 0 aliphatic rings. The first kappa shape index (κ1) is 14.9. The average Bonchev–Trinajstić information content (AvgIpc) is 2.26. The van der Waals surface area contributed by atoms with Gasteiger partial charge in [0.25, 0.3) is 5.91 Å². The van der Waals surface area contributed by atoms with Crippen LogP contribution >= 0.6 is 0 Å². The van der Waals surface area contributed by atoms with E-state index < -0.39 is 0 Å². The zero-order valence-electron chi connectivity index (χ0n) is 10.3. The van der Waals surface area contributed by atoms with Crippen molar-refractivity contribution < 1.29 is 9.63 Å². The molecule has 1 N–H and O–H groups in total. The van der Waals surface area contributed by atoms with Crippen molar-refractivity contribution in [3.05, 3.63) is 24.8 Å². The van der Waals surface area contributed by atoms with Crippen LogP contribution in [0.25, 0.3) is 0 Å². The summed E-state index contributed by atoms with van der Waals surface area (Å²) in [5, 5.41) is 0. The van der Waals surface area contributed by atoms with Gasteiger partial charge in [-0.05, 0) is 26.2 Å². The molecule has 1 amide bonds. The molecular weight excluding hydrogens is 202 g/mol. The van der Waals surface area contributed by atoms with Gasteiger partial charge < -0.3 is 0 Å². The highest BCUT2D eigenvalue weighted by Gasteiger charge is 1.99. The zero-order valence-corrected chi connectivity index (χ0v) is 10.3. The van der Waals surface area contributed by atoms with E-state index >= 15 is 0 Å². The van der Waals surface area contributed by atoms with Crippen molar-refractivity contribution in [3.8, 4) is 0 Å². The van der Waals surface area contributed by atoms with E-state index in [2.05, 4.69) is 18.6 Å². The van der Waals surface area contributed by atoms with Crippen LogP contribution in [0.2, 0.25) is 0 Å². The Morgan fingerprint density at radius 3 is 2.50 bits per heavy atom. The largest absolute Gasteiger partial charge is 0.273 e. The molecule has 0 aromatic rings. The van der Waals surface area contributed by atoms with Crippen molar-refractivity contribution >= 4 is 5.91 Å². The van der Waals surface area contributed by atoms with Gasteiger partial charge in [0, 0.05) is 5.57 Å². The van der Waals surface area contributed by atoms with Gasteiger partial charge in [0.05, 0.1) is 6.61 Å². The lowest BCUT2D eigenvalue weighted by Gasteiger charge is -2.05. The highest BCUT2D eigenvalue weighted by atomic mass is 16.6. The maximum Gasteiger partial charge on any atom is 0.269 e. The van der Waals surface area contributed by atoms with E-state index in [-0.39, 0.29) is 5.91 Å². The minimum atomic E-state index is -0.244. The summed E-state index contributed by atoms with van der Waals surface area (Å²) >= 11 is 0. The first-order chi connectivity index (χ1) is 7.68. The predicted molar refractivity (Wildman–Crippen MR) is 66.8 cm³/mol. The number of carbonyl (C=O) groups excluding carboxylic acids is 1. The lowest BCUT2D eigenvalue weighted by molar-refractivity contribution is -0.129. The molecule has 0 atom stereocenters. The Balaban J connectivity index is 3.12. The topological polar surface area (TPSA) is 38.3 Å². The highest BCUT2D eigenvalue weighted by molar-refractivity contribution is 5.91. The molecule has 0 aromatic carbocycles. The fourth-order valence-electron chi connectivity index (χ4n) is 1.20.